The fourth-order valence-electron chi connectivity index (χ4n) is 2.01. The highest BCUT2D eigenvalue weighted by molar-refractivity contribution is 5.78. The number of nitrogens with one attached hydrogen (secondary N) is 1. The quantitative estimate of drug-likeness (QED) is 0.728. The minimum Gasteiger partial charge on any atom is -0.355 e. The Balaban J connectivity index is 2.33. The summed E-state index contributed by atoms with van der Waals surface area (Å²) < 4.78 is 0. The maximum atomic E-state index is 11.7. The molecule has 0 aromatic rings. The van der Waals surface area contributed by atoms with Gasteiger partial charge in [0.1, 0.15) is 0 Å². The fraction of sp³-hybridized carbons (Fsp3) is 0.917. The number of carbonyl (C=O) groups is 1. The monoisotopic (exact) mass is 212 g/mol. The van der Waals surface area contributed by atoms with Crippen LogP contribution in [0.3, 0.4) is 0 Å². The molecule has 2 unspecified atom stereocenters. The molecule has 1 aliphatic rings. The lowest BCUT2D eigenvalue weighted by molar-refractivity contribution is -0.125. The van der Waals surface area contributed by atoms with Gasteiger partial charge in [-0.15, -0.1) is 0 Å². The average molecular weight is 212 g/mol. The zero-order chi connectivity index (χ0) is 11.5. The van der Waals surface area contributed by atoms with E-state index in [2.05, 4.69) is 12.2 Å². The summed E-state index contributed by atoms with van der Waals surface area (Å²) in [6.07, 6.45) is 5.00. The van der Waals surface area contributed by atoms with Crippen LogP contribution in [-0.2, 0) is 4.79 Å². The Bertz CT molecular complexity index is 216. The molecule has 0 aromatic carbocycles. The van der Waals surface area contributed by atoms with E-state index in [0.29, 0.717) is 5.41 Å². The second-order valence-corrected chi connectivity index (χ2v) is 5.07. The second kappa shape index (κ2) is 4.97. The van der Waals surface area contributed by atoms with Crippen LogP contribution in [0.2, 0.25) is 0 Å². The molecular weight excluding hydrogens is 188 g/mol. The molecule has 1 amide bonds. The van der Waals surface area contributed by atoms with Crippen molar-refractivity contribution < 1.29 is 4.79 Å². The molecule has 15 heavy (non-hydrogen) atoms. The van der Waals surface area contributed by atoms with Crippen molar-refractivity contribution in [1.29, 1.82) is 0 Å². The molecule has 3 nitrogen and oxygen atoms in total. The summed E-state index contributed by atoms with van der Waals surface area (Å²) in [6.45, 7) is 6.81. The number of rotatable bonds is 5. The van der Waals surface area contributed by atoms with Gasteiger partial charge >= 0.3 is 0 Å². The van der Waals surface area contributed by atoms with E-state index in [4.69, 9.17) is 5.73 Å². The molecule has 0 aliphatic heterocycles. The van der Waals surface area contributed by atoms with Crippen molar-refractivity contribution in [2.75, 3.05) is 6.54 Å². The smallest absolute Gasteiger partial charge is 0.224 e. The van der Waals surface area contributed by atoms with Gasteiger partial charge in [-0.1, -0.05) is 20.3 Å². The molecule has 0 spiro atoms. The normalized spacial score (nSPS) is 22.7. The summed E-state index contributed by atoms with van der Waals surface area (Å²) >= 11 is 0. The third-order valence-corrected chi connectivity index (χ3v) is 4.00. The van der Waals surface area contributed by atoms with Crippen molar-refractivity contribution in [1.82, 2.24) is 5.32 Å². The Labute approximate surface area is 92.8 Å². The summed E-state index contributed by atoms with van der Waals surface area (Å²) in [4.78, 5) is 11.7. The molecule has 1 fully saturated rings. The van der Waals surface area contributed by atoms with Gasteiger partial charge < -0.3 is 11.1 Å². The summed E-state index contributed by atoms with van der Waals surface area (Å²) in [5.41, 5.74) is 6.09. The van der Waals surface area contributed by atoms with E-state index < -0.39 is 0 Å². The lowest BCUT2D eigenvalue weighted by Crippen LogP contribution is -2.45. The summed E-state index contributed by atoms with van der Waals surface area (Å²) in [5.74, 6) is 0.0173. The van der Waals surface area contributed by atoms with Crippen LogP contribution in [0, 0.1) is 11.3 Å². The predicted octanol–water partition coefficient (Wildman–Crippen LogP) is 1.67. The SMILES string of the molecule is CCC1(CNC(=O)C(C)C(C)N)CCC1. The van der Waals surface area contributed by atoms with Gasteiger partial charge in [0.15, 0.2) is 0 Å². The Morgan fingerprint density at radius 3 is 2.40 bits per heavy atom. The molecule has 1 saturated carbocycles. The summed E-state index contributed by atoms with van der Waals surface area (Å²) in [5, 5.41) is 3.04. The second-order valence-electron chi connectivity index (χ2n) is 5.07. The standard InChI is InChI=1S/C12H24N2O/c1-4-12(6-5-7-12)8-14-11(15)9(2)10(3)13/h9-10H,4-8,13H2,1-3H3,(H,14,15). The van der Waals surface area contributed by atoms with Gasteiger partial charge in [0.05, 0.1) is 0 Å². The molecule has 2 atom stereocenters. The summed E-state index contributed by atoms with van der Waals surface area (Å²) in [6, 6.07) is -0.0658. The Hall–Kier alpha value is -0.570. The fourth-order valence-corrected chi connectivity index (χ4v) is 2.01. The largest absolute Gasteiger partial charge is 0.355 e. The van der Waals surface area contributed by atoms with Crippen LogP contribution in [0.15, 0.2) is 0 Å². The van der Waals surface area contributed by atoms with Crippen molar-refractivity contribution in [2.24, 2.45) is 17.1 Å². The number of hydrogen-bond donors (Lipinski definition) is 2. The number of hydrogen-bond acceptors (Lipinski definition) is 2. The molecule has 0 heterocycles. The first-order valence-electron chi connectivity index (χ1n) is 6.04. The zero-order valence-corrected chi connectivity index (χ0v) is 10.2. The van der Waals surface area contributed by atoms with Gasteiger partial charge in [0.25, 0.3) is 0 Å². The molecule has 0 saturated heterocycles. The van der Waals surface area contributed by atoms with Crippen LogP contribution in [0.5, 0.6) is 0 Å². The first-order chi connectivity index (χ1) is 7.01. The molecule has 0 aromatic heterocycles. The van der Waals surface area contributed by atoms with Crippen LogP contribution in [-0.4, -0.2) is 18.5 Å². The average Bonchev–Trinajstić information content (AvgIpc) is 2.15. The molecule has 3 N–H and O–H groups in total. The highest BCUT2D eigenvalue weighted by atomic mass is 16.1. The number of amides is 1. The Kier molecular flexibility index (Phi) is 4.14. The van der Waals surface area contributed by atoms with Gasteiger partial charge in [-0.2, -0.15) is 0 Å². The summed E-state index contributed by atoms with van der Waals surface area (Å²) in [7, 11) is 0. The van der Waals surface area contributed by atoms with Crippen molar-refractivity contribution in [3.05, 3.63) is 0 Å². The molecule has 1 aliphatic carbocycles. The molecule has 1 rings (SSSR count). The first-order valence-corrected chi connectivity index (χ1v) is 6.04. The minimum atomic E-state index is -0.0843. The van der Waals surface area contributed by atoms with Gasteiger partial charge in [-0.05, 0) is 31.6 Å². The molecule has 0 bridgehead atoms. The van der Waals surface area contributed by atoms with Crippen molar-refractivity contribution in [2.45, 2.75) is 52.5 Å². The van der Waals surface area contributed by atoms with E-state index in [0.717, 1.165) is 6.54 Å². The predicted molar refractivity (Wildman–Crippen MR) is 62.4 cm³/mol. The third kappa shape index (κ3) is 2.94. The van der Waals surface area contributed by atoms with Crippen LogP contribution >= 0.6 is 0 Å². The highest BCUT2D eigenvalue weighted by Crippen LogP contribution is 2.43. The Morgan fingerprint density at radius 1 is 1.47 bits per heavy atom. The van der Waals surface area contributed by atoms with Gasteiger partial charge in [-0.3, -0.25) is 4.79 Å². The van der Waals surface area contributed by atoms with Crippen LogP contribution in [0.4, 0.5) is 0 Å². The first kappa shape index (κ1) is 12.5. The molecular formula is C12H24N2O. The molecule has 3 heteroatoms. The molecule has 88 valence electrons. The number of carbonyl (C=O) groups excluding carboxylic acids is 1. The van der Waals surface area contributed by atoms with Gasteiger partial charge in [0, 0.05) is 18.5 Å². The lowest BCUT2D eigenvalue weighted by Gasteiger charge is -2.41. The van der Waals surface area contributed by atoms with Crippen molar-refractivity contribution in [3.63, 3.8) is 0 Å². The highest BCUT2D eigenvalue weighted by Gasteiger charge is 2.35. The lowest BCUT2D eigenvalue weighted by atomic mass is 9.67. The third-order valence-electron chi connectivity index (χ3n) is 4.00. The van der Waals surface area contributed by atoms with E-state index >= 15 is 0 Å². The molecule has 0 radical (unpaired) electrons. The van der Waals surface area contributed by atoms with Crippen molar-refractivity contribution in [3.8, 4) is 0 Å². The van der Waals surface area contributed by atoms with E-state index in [1.807, 2.05) is 13.8 Å². The van der Waals surface area contributed by atoms with E-state index in [9.17, 15) is 4.79 Å². The number of nitrogens with two attached hydrogens (primary N) is 1. The Morgan fingerprint density at radius 2 is 2.07 bits per heavy atom. The van der Waals surface area contributed by atoms with Crippen LogP contribution in [0.1, 0.15) is 46.5 Å². The minimum absolute atomic E-state index is 0.0658. The van der Waals surface area contributed by atoms with Crippen LogP contribution in [0.25, 0.3) is 0 Å². The maximum Gasteiger partial charge on any atom is 0.224 e. The van der Waals surface area contributed by atoms with Gasteiger partial charge in [0.2, 0.25) is 5.91 Å². The van der Waals surface area contributed by atoms with Crippen LogP contribution < -0.4 is 11.1 Å². The topological polar surface area (TPSA) is 55.1 Å². The van der Waals surface area contributed by atoms with E-state index in [1.54, 1.807) is 0 Å². The van der Waals surface area contributed by atoms with E-state index in [1.165, 1.54) is 25.7 Å². The van der Waals surface area contributed by atoms with Crippen molar-refractivity contribution >= 4 is 5.91 Å². The zero-order valence-electron chi connectivity index (χ0n) is 10.2. The van der Waals surface area contributed by atoms with Gasteiger partial charge in [-0.25, -0.2) is 0 Å². The van der Waals surface area contributed by atoms with E-state index in [-0.39, 0.29) is 17.9 Å². The maximum absolute atomic E-state index is 11.7.